The average Bonchev–Trinajstić information content (AvgIpc) is 2.88. The molecule has 0 fully saturated rings. The zero-order valence-corrected chi connectivity index (χ0v) is 11.3. The molecule has 0 saturated carbocycles. The van der Waals surface area contributed by atoms with E-state index >= 15 is 0 Å². The summed E-state index contributed by atoms with van der Waals surface area (Å²) in [5.74, 6) is -0.0338. The summed E-state index contributed by atoms with van der Waals surface area (Å²) in [6.45, 7) is 1.78. The predicted octanol–water partition coefficient (Wildman–Crippen LogP) is 1.56. The van der Waals surface area contributed by atoms with Crippen LogP contribution in [0.25, 0.3) is 11.1 Å². The number of nitrogens with two attached hydrogens (primary N) is 1. The average molecular weight is 283 g/mol. The number of aromatic nitrogens is 3. The Labute approximate surface area is 120 Å². The Balaban J connectivity index is 2.03. The van der Waals surface area contributed by atoms with Crippen LogP contribution in [0.3, 0.4) is 0 Å². The highest BCUT2D eigenvalue weighted by molar-refractivity contribution is 5.91. The van der Waals surface area contributed by atoms with Crippen LogP contribution in [0.2, 0.25) is 0 Å². The van der Waals surface area contributed by atoms with Gasteiger partial charge in [-0.15, -0.1) is 0 Å². The van der Waals surface area contributed by atoms with Gasteiger partial charge in [-0.05, 0) is 12.5 Å². The van der Waals surface area contributed by atoms with Crippen molar-refractivity contribution in [2.75, 3.05) is 5.32 Å². The van der Waals surface area contributed by atoms with Gasteiger partial charge >= 0.3 is 0 Å². The van der Waals surface area contributed by atoms with Crippen LogP contribution in [0, 0.1) is 6.92 Å². The first-order valence-electron chi connectivity index (χ1n) is 6.34. The minimum Gasteiger partial charge on any atom is -0.368 e. The first-order valence-corrected chi connectivity index (χ1v) is 6.34. The van der Waals surface area contributed by atoms with Gasteiger partial charge in [-0.1, -0.05) is 35.5 Å². The molecule has 106 valence electrons. The summed E-state index contributed by atoms with van der Waals surface area (Å²) in [5.41, 5.74) is 7.25. The summed E-state index contributed by atoms with van der Waals surface area (Å²) in [5, 5.41) is 7.53. The Kier molecular flexibility index (Phi) is 3.23. The Hall–Kier alpha value is -2.96. The van der Waals surface area contributed by atoms with Crippen LogP contribution in [-0.4, -0.2) is 21.0 Å². The molecule has 3 N–H and O–H groups in total. The second-order valence-corrected chi connectivity index (χ2v) is 4.56. The molecule has 0 radical (unpaired) electrons. The van der Waals surface area contributed by atoms with Gasteiger partial charge in [-0.25, -0.2) is 4.98 Å². The normalized spacial score (nSPS) is 12.2. The van der Waals surface area contributed by atoms with Crippen LogP contribution in [0.4, 0.5) is 5.82 Å². The highest BCUT2D eigenvalue weighted by Gasteiger charge is 2.21. The molecule has 0 saturated heterocycles. The van der Waals surface area contributed by atoms with Crippen molar-refractivity contribution < 1.29 is 9.32 Å². The summed E-state index contributed by atoms with van der Waals surface area (Å²) in [4.78, 5) is 19.9. The molecule has 2 aromatic heterocycles. The fourth-order valence-electron chi connectivity index (χ4n) is 2.13. The van der Waals surface area contributed by atoms with Gasteiger partial charge in [0, 0.05) is 0 Å². The number of aryl methyl sites for hydroxylation is 1. The topological polar surface area (TPSA) is 107 Å². The third-order valence-corrected chi connectivity index (χ3v) is 3.14. The van der Waals surface area contributed by atoms with Crippen LogP contribution in [0.1, 0.15) is 17.3 Å². The number of nitrogens with zero attached hydrogens (tertiary/aromatic N) is 3. The van der Waals surface area contributed by atoms with Gasteiger partial charge in [0.25, 0.3) is 5.71 Å². The van der Waals surface area contributed by atoms with Gasteiger partial charge in [0.15, 0.2) is 0 Å². The van der Waals surface area contributed by atoms with E-state index in [0.717, 1.165) is 5.56 Å². The summed E-state index contributed by atoms with van der Waals surface area (Å²) in [7, 11) is 0. The molecule has 1 amide bonds. The van der Waals surface area contributed by atoms with Crippen LogP contribution in [0.15, 0.2) is 41.2 Å². The number of anilines is 1. The molecule has 0 aliphatic rings. The maximum atomic E-state index is 11.7. The fraction of sp³-hybridized carbons (Fsp3) is 0.143. The molecule has 3 aromatic rings. The van der Waals surface area contributed by atoms with E-state index in [1.165, 1.54) is 6.33 Å². The van der Waals surface area contributed by atoms with Gasteiger partial charge < -0.3 is 15.6 Å². The lowest BCUT2D eigenvalue weighted by Crippen LogP contribution is -2.28. The lowest BCUT2D eigenvalue weighted by atomic mass is 10.1. The number of primary amides is 1. The van der Waals surface area contributed by atoms with Crippen molar-refractivity contribution in [1.29, 1.82) is 0 Å². The van der Waals surface area contributed by atoms with E-state index in [1.807, 2.05) is 30.3 Å². The third kappa shape index (κ3) is 2.40. The summed E-state index contributed by atoms with van der Waals surface area (Å²) in [6, 6.07) is 8.50. The number of hydrogen-bond acceptors (Lipinski definition) is 6. The Morgan fingerprint density at radius 2 is 2.05 bits per heavy atom. The van der Waals surface area contributed by atoms with Crippen LogP contribution >= 0.6 is 0 Å². The van der Waals surface area contributed by atoms with Gasteiger partial charge in [-0.3, -0.25) is 4.79 Å². The van der Waals surface area contributed by atoms with E-state index in [1.54, 1.807) is 6.92 Å². The van der Waals surface area contributed by atoms with Crippen LogP contribution in [-0.2, 0) is 4.79 Å². The van der Waals surface area contributed by atoms with E-state index in [9.17, 15) is 4.79 Å². The van der Waals surface area contributed by atoms with Crippen molar-refractivity contribution in [3.63, 3.8) is 0 Å². The Morgan fingerprint density at radius 3 is 2.76 bits per heavy atom. The highest BCUT2D eigenvalue weighted by atomic mass is 16.5. The number of carbonyl (C=O) groups is 1. The van der Waals surface area contributed by atoms with Crippen molar-refractivity contribution in [1.82, 2.24) is 15.1 Å². The lowest BCUT2D eigenvalue weighted by Gasteiger charge is -2.16. The molecule has 1 aromatic carbocycles. The van der Waals surface area contributed by atoms with Gasteiger partial charge in [-0.2, -0.15) is 4.98 Å². The largest absolute Gasteiger partial charge is 0.368 e. The van der Waals surface area contributed by atoms with Gasteiger partial charge in [0.2, 0.25) is 5.91 Å². The number of amides is 1. The molecule has 3 rings (SSSR count). The van der Waals surface area contributed by atoms with Crippen molar-refractivity contribution in [3.05, 3.63) is 47.9 Å². The summed E-state index contributed by atoms with van der Waals surface area (Å²) in [6.07, 6.45) is 1.35. The number of hydrogen-bond donors (Lipinski definition) is 2. The van der Waals surface area contributed by atoms with Crippen LogP contribution < -0.4 is 11.1 Å². The fourth-order valence-corrected chi connectivity index (χ4v) is 2.13. The molecule has 1 unspecified atom stereocenters. The molecule has 0 bridgehead atoms. The number of fused-ring (bicyclic) bond motifs is 1. The molecule has 7 nitrogen and oxygen atoms in total. The second kappa shape index (κ2) is 5.20. The molecule has 0 spiro atoms. The van der Waals surface area contributed by atoms with E-state index in [-0.39, 0.29) is 0 Å². The van der Waals surface area contributed by atoms with E-state index in [4.69, 9.17) is 10.3 Å². The molecule has 2 heterocycles. The molecular weight excluding hydrogens is 270 g/mol. The Bertz CT molecular complexity index is 784. The monoisotopic (exact) mass is 283 g/mol. The van der Waals surface area contributed by atoms with Crippen molar-refractivity contribution in [2.45, 2.75) is 13.0 Å². The van der Waals surface area contributed by atoms with Gasteiger partial charge in [0.1, 0.15) is 23.6 Å². The molecule has 0 aliphatic heterocycles. The standard InChI is InChI=1S/C14H13N5O2/c1-8-10-13(16-7-17-14(10)21-19-8)18-11(12(15)20)9-5-3-2-4-6-9/h2-7,11H,1H3,(H2,15,20)(H,16,17,18). The number of benzene rings is 1. The second-order valence-electron chi connectivity index (χ2n) is 4.56. The van der Waals surface area contributed by atoms with Gasteiger partial charge in [0.05, 0.1) is 5.69 Å². The first-order chi connectivity index (χ1) is 10.2. The summed E-state index contributed by atoms with van der Waals surface area (Å²) < 4.78 is 5.08. The molecular formula is C14H13N5O2. The predicted molar refractivity (Wildman–Crippen MR) is 76.3 cm³/mol. The maximum absolute atomic E-state index is 11.7. The number of carbonyl (C=O) groups excluding carboxylic acids is 1. The number of rotatable bonds is 4. The quantitative estimate of drug-likeness (QED) is 0.752. The maximum Gasteiger partial charge on any atom is 0.263 e. The van der Waals surface area contributed by atoms with E-state index in [2.05, 4.69) is 20.4 Å². The first kappa shape index (κ1) is 13.0. The molecule has 0 aliphatic carbocycles. The SMILES string of the molecule is Cc1noc2ncnc(NC(C(N)=O)c3ccccc3)c12. The van der Waals surface area contributed by atoms with Crippen molar-refractivity contribution in [2.24, 2.45) is 5.73 Å². The van der Waals surface area contributed by atoms with E-state index < -0.39 is 11.9 Å². The third-order valence-electron chi connectivity index (χ3n) is 3.14. The molecule has 7 heteroatoms. The lowest BCUT2D eigenvalue weighted by molar-refractivity contribution is -0.118. The highest BCUT2D eigenvalue weighted by Crippen LogP contribution is 2.26. The van der Waals surface area contributed by atoms with E-state index in [0.29, 0.717) is 22.6 Å². The zero-order chi connectivity index (χ0) is 14.8. The van der Waals surface area contributed by atoms with Crippen LogP contribution in [0.5, 0.6) is 0 Å². The smallest absolute Gasteiger partial charge is 0.263 e. The number of nitrogens with one attached hydrogen (secondary N) is 1. The molecule has 1 atom stereocenters. The van der Waals surface area contributed by atoms with Crippen molar-refractivity contribution in [3.8, 4) is 0 Å². The summed E-state index contributed by atoms with van der Waals surface area (Å²) >= 11 is 0. The zero-order valence-electron chi connectivity index (χ0n) is 11.3. The Morgan fingerprint density at radius 1 is 1.29 bits per heavy atom. The molecule has 21 heavy (non-hydrogen) atoms. The minimum absolute atomic E-state index is 0.362. The minimum atomic E-state index is -0.696. The van der Waals surface area contributed by atoms with Crippen molar-refractivity contribution >= 4 is 22.8 Å².